The molecule has 0 rings (SSSR count). The molecule has 56 valence electrons. The Morgan fingerprint density at radius 3 is 2.70 bits per heavy atom. The topological polar surface area (TPSA) is 43.4 Å². The molecule has 0 aromatic carbocycles. The summed E-state index contributed by atoms with van der Waals surface area (Å²) >= 11 is 0. The van der Waals surface area contributed by atoms with E-state index in [1.807, 2.05) is 0 Å². The predicted molar refractivity (Wildman–Crippen MR) is 36.5 cm³/mol. The highest BCUT2D eigenvalue weighted by atomic mass is 16.5. The first kappa shape index (κ1) is 8.88. The lowest BCUT2D eigenvalue weighted by Crippen LogP contribution is -2.01. The third kappa shape index (κ3) is 5.03. The molecule has 0 saturated carbocycles. The number of carbonyl (C=O) groups excluding carboxylic acids is 2. The van der Waals surface area contributed by atoms with Crippen LogP contribution >= 0.6 is 0 Å². The zero-order chi connectivity index (χ0) is 7.98. The first-order valence-corrected chi connectivity index (χ1v) is 2.93. The zero-order valence-electron chi connectivity index (χ0n) is 5.92. The number of esters is 1. The lowest BCUT2D eigenvalue weighted by atomic mass is 10.2. The van der Waals surface area contributed by atoms with Gasteiger partial charge in [-0.3, -0.25) is 9.59 Å². The molecule has 10 heavy (non-hydrogen) atoms. The van der Waals surface area contributed by atoms with Crippen LogP contribution in [0, 0.1) is 0 Å². The van der Waals surface area contributed by atoms with Crippen LogP contribution in [0.3, 0.4) is 0 Å². The molecule has 0 bridgehead atoms. The maximum atomic E-state index is 10.2. The van der Waals surface area contributed by atoms with Gasteiger partial charge in [0.1, 0.15) is 6.29 Å². The Bertz CT molecular complexity index is 149. The van der Waals surface area contributed by atoms with Gasteiger partial charge in [-0.05, 0) is 5.57 Å². The molecule has 3 nitrogen and oxygen atoms in total. The maximum absolute atomic E-state index is 10.2. The molecule has 0 spiro atoms. The van der Waals surface area contributed by atoms with Crippen LogP contribution in [0.2, 0.25) is 0 Å². The smallest absolute Gasteiger partial charge is 0.302 e. The Kier molecular flexibility index (Phi) is 4.20. The lowest BCUT2D eigenvalue weighted by Gasteiger charge is -1.98. The van der Waals surface area contributed by atoms with Gasteiger partial charge in [0.15, 0.2) is 0 Å². The zero-order valence-corrected chi connectivity index (χ0v) is 5.92. The van der Waals surface area contributed by atoms with Gasteiger partial charge in [0.05, 0.1) is 6.61 Å². The Balaban J connectivity index is 3.28. The van der Waals surface area contributed by atoms with Crippen molar-refractivity contribution < 1.29 is 14.3 Å². The fourth-order valence-electron chi connectivity index (χ4n) is 0.385. The summed E-state index contributed by atoms with van der Waals surface area (Å²) < 4.78 is 4.56. The van der Waals surface area contributed by atoms with Crippen molar-refractivity contribution >= 4 is 12.3 Å². The van der Waals surface area contributed by atoms with E-state index in [-0.39, 0.29) is 12.6 Å². The van der Waals surface area contributed by atoms with Gasteiger partial charge in [0, 0.05) is 13.3 Å². The molecule has 0 atom stereocenters. The summed E-state index contributed by atoms with van der Waals surface area (Å²) in [5, 5.41) is 0. The minimum absolute atomic E-state index is 0.243. The molecule has 0 aliphatic rings. The Labute approximate surface area is 59.7 Å². The Morgan fingerprint density at radius 1 is 1.70 bits per heavy atom. The first-order chi connectivity index (χ1) is 4.66. The minimum atomic E-state index is -0.335. The molecule has 0 unspecified atom stereocenters. The summed E-state index contributed by atoms with van der Waals surface area (Å²) in [7, 11) is 0. The van der Waals surface area contributed by atoms with Crippen LogP contribution in [0.4, 0.5) is 0 Å². The van der Waals surface area contributed by atoms with Crippen molar-refractivity contribution in [2.45, 2.75) is 13.3 Å². The largest absolute Gasteiger partial charge is 0.466 e. The van der Waals surface area contributed by atoms with Gasteiger partial charge in [0.25, 0.3) is 0 Å². The molecule has 0 aliphatic carbocycles. The SMILES string of the molecule is C=C(C=O)CCOC(C)=O. The molecular weight excluding hydrogens is 132 g/mol. The second-order valence-corrected chi connectivity index (χ2v) is 1.87. The molecule has 0 heterocycles. The molecule has 0 radical (unpaired) electrons. The van der Waals surface area contributed by atoms with Crippen LogP contribution < -0.4 is 0 Å². The number of rotatable bonds is 4. The molecule has 0 aromatic rings. The van der Waals surface area contributed by atoms with Gasteiger partial charge < -0.3 is 4.74 Å². The van der Waals surface area contributed by atoms with Crippen LogP contribution in [-0.2, 0) is 14.3 Å². The number of hydrogen-bond donors (Lipinski definition) is 0. The summed E-state index contributed by atoms with van der Waals surface area (Å²) in [4.78, 5) is 20.1. The fraction of sp³-hybridized carbons (Fsp3) is 0.429. The fourth-order valence-corrected chi connectivity index (χ4v) is 0.385. The summed E-state index contributed by atoms with van der Waals surface area (Å²) in [5.74, 6) is -0.335. The maximum Gasteiger partial charge on any atom is 0.302 e. The Hall–Kier alpha value is -1.12. The molecular formula is C7H10O3. The average molecular weight is 142 g/mol. The van der Waals surface area contributed by atoms with E-state index in [0.717, 1.165) is 0 Å². The van der Waals surface area contributed by atoms with Crippen molar-refractivity contribution in [2.75, 3.05) is 6.61 Å². The highest BCUT2D eigenvalue weighted by Gasteiger charge is 1.93. The normalized spacial score (nSPS) is 8.50. The summed E-state index contributed by atoms with van der Waals surface area (Å²) in [6.45, 7) is 4.98. The van der Waals surface area contributed by atoms with Crippen LogP contribution in [0.15, 0.2) is 12.2 Å². The van der Waals surface area contributed by atoms with E-state index >= 15 is 0 Å². The molecule has 0 N–H and O–H groups in total. The summed E-state index contributed by atoms with van der Waals surface area (Å²) in [5.41, 5.74) is 0.446. The Morgan fingerprint density at radius 2 is 2.30 bits per heavy atom. The number of aldehydes is 1. The van der Waals surface area contributed by atoms with E-state index in [4.69, 9.17) is 0 Å². The summed E-state index contributed by atoms with van der Waals surface area (Å²) in [6, 6.07) is 0. The predicted octanol–water partition coefficient (Wildman–Crippen LogP) is 0.695. The third-order valence-electron chi connectivity index (χ3n) is 0.895. The van der Waals surface area contributed by atoms with E-state index in [2.05, 4.69) is 11.3 Å². The van der Waals surface area contributed by atoms with Crippen molar-refractivity contribution in [2.24, 2.45) is 0 Å². The molecule has 3 heteroatoms. The van der Waals surface area contributed by atoms with Crippen molar-refractivity contribution in [1.29, 1.82) is 0 Å². The van der Waals surface area contributed by atoms with Crippen molar-refractivity contribution in [3.05, 3.63) is 12.2 Å². The highest BCUT2D eigenvalue weighted by molar-refractivity contribution is 5.72. The molecule has 0 saturated heterocycles. The van der Waals surface area contributed by atoms with Crippen molar-refractivity contribution in [1.82, 2.24) is 0 Å². The lowest BCUT2D eigenvalue weighted by molar-refractivity contribution is -0.140. The second kappa shape index (κ2) is 4.73. The van der Waals surface area contributed by atoms with Crippen molar-refractivity contribution in [3.8, 4) is 0 Å². The van der Waals surface area contributed by atoms with Crippen LogP contribution in [-0.4, -0.2) is 18.9 Å². The van der Waals surface area contributed by atoms with E-state index in [0.29, 0.717) is 18.3 Å². The third-order valence-corrected chi connectivity index (χ3v) is 0.895. The molecule has 0 amide bonds. The summed E-state index contributed by atoms with van der Waals surface area (Å²) in [6.07, 6.45) is 1.08. The number of carbonyl (C=O) groups is 2. The van der Waals surface area contributed by atoms with Gasteiger partial charge in [-0.2, -0.15) is 0 Å². The molecule has 0 aliphatic heterocycles. The van der Waals surface area contributed by atoms with Crippen LogP contribution in [0.1, 0.15) is 13.3 Å². The van der Waals surface area contributed by atoms with Gasteiger partial charge in [-0.1, -0.05) is 6.58 Å². The van der Waals surface area contributed by atoms with E-state index in [1.165, 1.54) is 6.92 Å². The van der Waals surface area contributed by atoms with E-state index < -0.39 is 0 Å². The van der Waals surface area contributed by atoms with Gasteiger partial charge >= 0.3 is 5.97 Å². The van der Waals surface area contributed by atoms with Crippen molar-refractivity contribution in [3.63, 3.8) is 0 Å². The molecule has 0 aromatic heterocycles. The second-order valence-electron chi connectivity index (χ2n) is 1.87. The van der Waals surface area contributed by atoms with Gasteiger partial charge in [-0.25, -0.2) is 0 Å². The quantitative estimate of drug-likeness (QED) is 0.329. The number of hydrogen-bond acceptors (Lipinski definition) is 3. The molecule has 0 fully saturated rings. The van der Waals surface area contributed by atoms with E-state index in [1.54, 1.807) is 0 Å². The van der Waals surface area contributed by atoms with Crippen LogP contribution in [0.5, 0.6) is 0 Å². The van der Waals surface area contributed by atoms with Crippen LogP contribution in [0.25, 0.3) is 0 Å². The monoisotopic (exact) mass is 142 g/mol. The average Bonchev–Trinajstić information content (AvgIpc) is 1.87. The highest BCUT2D eigenvalue weighted by Crippen LogP contribution is 1.93. The first-order valence-electron chi connectivity index (χ1n) is 2.93. The van der Waals surface area contributed by atoms with E-state index in [9.17, 15) is 9.59 Å². The van der Waals surface area contributed by atoms with Gasteiger partial charge in [0.2, 0.25) is 0 Å². The van der Waals surface area contributed by atoms with Gasteiger partial charge in [-0.15, -0.1) is 0 Å². The standard InChI is InChI=1S/C7H10O3/c1-6(5-8)3-4-10-7(2)9/h5H,1,3-4H2,2H3. The number of ether oxygens (including phenoxy) is 1. The minimum Gasteiger partial charge on any atom is -0.466 e.